The van der Waals surface area contributed by atoms with Gasteiger partial charge in [-0.15, -0.1) is 0 Å². The molecule has 0 bridgehead atoms. The Bertz CT molecular complexity index is 935. The number of hydrogen-bond donors (Lipinski definition) is 2. The van der Waals surface area contributed by atoms with Crippen molar-refractivity contribution in [2.24, 2.45) is 0 Å². The van der Waals surface area contributed by atoms with Crippen LogP contribution in [0.2, 0.25) is 0 Å². The molecule has 0 aliphatic rings. The van der Waals surface area contributed by atoms with Crippen LogP contribution < -0.4 is 5.32 Å². The Morgan fingerprint density at radius 1 is 1.28 bits per heavy atom. The number of ether oxygens (including phenoxy) is 1. The molecule has 1 heterocycles. The number of rotatable bonds is 6. The standard InChI is InChI=1S/C17H16N4O4/c1-25-10-12-5-3-2-4-11(12)9-18-17(22)16-14-8-13(21(23)24)6-7-15(14)19-20-16/h2-8H,9-10H2,1H3,(H,18,22)(H,19,20). The van der Waals surface area contributed by atoms with Crippen LogP contribution in [0.1, 0.15) is 21.6 Å². The number of H-pyrrole nitrogens is 1. The van der Waals surface area contributed by atoms with Gasteiger partial charge >= 0.3 is 0 Å². The van der Waals surface area contributed by atoms with E-state index in [4.69, 9.17) is 4.74 Å². The van der Waals surface area contributed by atoms with Crippen LogP contribution in [-0.2, 0) is 17.9 Å². The van der Waals surface area contributed by atoms with E-state index in [9.17, 15) is 14.9 Å². The first kappa shape index (κ1) is 16.6. The molecule has 0 radical (unpaired) electrons. The number of nitro groups is 1. The van der Waals surface area contributed by atoms with Gasteiger partial charge in [-0.05, 0) is 17.2 Å². The van der Waals surface area contributed by atoms with E-state index in [0.29, 0.717) is 24.1 Å². The van der Waals surface area contributed by atoms with Crippen molar-refractivity contribution in [1.82, 2.24) is 15.5 Å². The number of hydrogen-bond acceptors (Lipinski definition) is 5. The Kier molecular flexibility index (Phi) is 4.71. The van der Waals surface area contributed by atoms with E-state index in [1.54, 1.807) is 7.11 Å². The van der Waals surface area contributed by atoms with Gasteiger partial charge in [-0.2, -0.15) is 5.10 Å². The number of amides is 1. The van der Waals surface area contributed by atoms with E-state index in [-0.39, 0.29) is 11.4 Å². The van der Waals surface area contributed by atoms with Gasteiger partial charge in [-0.1, -0.05) is 24.3 Å². The number of benzene rings is 2. The Labute approximate surface area is 143 Å². The van der Waals surface area contributed by atoms with Crippen LogP contribution in [0.25, 0.3) is 10.9 Å². The van der Waals surface area contributed by atoms with Gasteiger partial charge in [0.25, 0.3) is 11.6 Å². The molecule has 3 aromatic rings. The number of fused-ring (bicyclic) bond motifs is 1. The maximum Gasteiger partial charge on any atom is 0.272 e. The summed E-state index contributed by atoms with van der Waals surface area (Å²) >= 11 is 0. The van der Waals surface area contributed by atoms with Crippen LogP contribution in [0.15, 0.2) is 42.5 Å². The molecule has 128 valence electrons. The lowest BCUT2D eigenvalue weighted by Gasteiger charge is -2.09. The van der Waals surface area contributed by atoms with Crippen LogP contribution >= 0.6 is 0 Å². The molecule has 0 saturated heterocycles. The second-order valence-electron chi connectivity index (χ2n) is 5.44. The van der Waals surface area contributed by atoms with Gasteiger partial charge in [0.2, 0.25) is 0 Å². The highest BCUT2D eigenvalue weighted by Crippen LogP contribution is 2.22. The number of carbonyl (C=O) groups is 1. The minimum absolute atomic E-state index is 0.0895. The summed E-state index contributed by atoms with van der Waals surface area (Å²) in [5, 5.41) is 20.8. The maximum absolute atomic E-state index is 12.4. The molecule has 0 spiro atoms. The van der Waals surface area contributed by atoms with E-state index in [2.05, 4.69) is 15.5 Å². The average Bonchev–Trinajstić information content (AvgIpc) is 3.04. The zero-order valence-electron chi connectivity index (χ0n) is 13.5. The van der Waals surface area contributed by atoms with Gasteiger partial charge in [-0.3, -0.25) is 20.0 Å². The van der Waals surface area contributed by atoms with E-state index in [1.807, 2.05) is 24.3 Å². The maximum atomic E-state index is 12.4. The smallest absolute Gasteiger partial charge is 0.272 e. The molecule has 8 heteroatoms. The zero-order valence-corrected chi connectivity index (χ0v) is 13.5. The summed E-state index contributed by atoms with van der Waals surface area (Å²) in [6.07, 6.45) is 0. The quantitative estimate of drug-likeness (QED) is 0.529. The molecule has 3 rings (SSSR count). The first-order valence-corrected chi connectivity index (χ1v) is 7.56. The molecule has 0 saturated carbocycles. The van der Waals surface area contributed by atoms with Crippen molar-refractivity contribution in [2.45, 2.75) is 13.2 Å². The Hall–Kier alpha value is -3.26. The van der Waals surface area contributed by atoms with Crippen LogP contribution in [0.4, 0.5) is 5.69 Å². The molecule has 8 nitrogen and oxygen atoms in total. The van der Waals surface area contributed by atoms with Gasteiger partial charge in [0.1, 0.15) is 0 Å². The van der Waals surface area contributed by atoms with Crippen LogP contribution in [0.5, 0.6) is 0 Å². The van der Waals surface area contributed by atoms with Gasteiger partial charge in [0.05, 0.1) is 17.0 Å². The highest BCUT2D eigenvalue weighted by atomic mass is 16.6. The zero-order chi connectivity index (χ0) is 17.8. The summed E-state index contributed by atoms with van der Waals surface area (Å²) in [4.78, 5) is 22.9. The molecule has 1 amide bonds. The molecular formula is C17H16N4O4. The van der Waals surface area contributed by atoms with Crippen molar-refractivity contribution in [2.75, 3.05) is 7.11 Å². The molecular weight excluding hydrogens is 324 g/mol. The number of carbonyl (C=O) groups excluding carboxylic acids is 1. The lowest BCUT2D eigenvalue weighted by Crippen LogP contribution is -2.24. The fraction of sp³-hybridized carbons (Fsp3) is 0.176. The van der Waals surface area contributed by atoms with Gasteiger partial charge < -0.3 is 10.1 Å². The second-order valence-corrected chi connectivity index (χ2v) is 5.44. The molecule has 2 N–H and O–H groups in total. The third-order valence-corrected chi connectivity index (χ3v) is 3.83. The minimum atomic E-state index is -0.505. The normalized spacial score (nSPS) is 10.8. The predicted molar refractivity (Wildman–Crippen MR) is 91.1 cm³/mol. The number of aromatic nitrogens is 2. The molecule has 0 aliphatic carbocycles. The number of nitrogens with zero attached hydrogens (tertiary/aromatic N) is 2. The van der Waals surface area contributed by atoms with Crippen molar-refractivity contribution in [3.05, 3.63) is 69.4 Å². The molecule has 0 aliphatic heterocycles. The molecule has 25 heavy (non-hydrogen) atoms. The minimum Gasteiger partial charge on any atom is -0.380 e. The molecule has 0 atom stereocenters. The molecule has 2 aromatic carbocycles. The third kappa shape index (κ3) is 3.48. The summed E-state index contributed by atoms with van der Waals surface area (Å²) in [6.45, 7) is 0.755. The highest BCUT2D eigenvalue weighted by Gasteiger charge is 2.17. The van der Waals surface area contributed by atoms with Crippen LogP contribution in [0, 0.1) is 10.1 Å². The molecule has 1 aromatic heterocycles. The average molecular weight is 340 g/mol. The lowest BCUT2D eigenvalue weighted by atomic mass is 10.1. The first-order chi connectivity index (χ1) is 12.1. The Morgan fingerprint density at radius 2 is 2.04 bits per heavy atom. The monoisotopic (exact) mass is 340 g/mol. The van der Waals surface area contributed by atoms with Crippen LogP contribution in [0.3, 0.4) is 0 Å². The predicted octanol–water partition coefficient (Wildman–Crippen LogP) is 2.55. The largest absolute Gasteiger partial charge is 0.380 e. The molecule has 0 unspecified atom stereocenters. The number of nitrogens with one attached hydrogen (secondary N) is 2. The van der Waals surface area contributed by atoms with E-state index in [0.717, 1.165) is 11.1 Å². The van der Waals surface area contributed by atoms with Crippen molar-refractivity contribution < 1.29 is 14.5 Å². The Balaban J connectivity index is 1.81. The van der Waals surface area contributed by atoms with Gasteiger partial charge in [0, 0.05) is 31.2 Å². The number of non-ortho nitro benzene ring substituents is 1. The summed E-state index contributed by atoms with van der Waals surface area (Å²) in [5.41, 5.74) is 2.52. The van der Waals surface area contributed by atoms with E-state index in [1.165, 1.54) is 18.2 Å². The summed E-state index contributed by atoms with van der Waals surface area (Å²) < 4.78 is 5.15. The SMILES string of the molecule is COCc1ccccc1CNC(=O)c1n[nH]c2ccc([N+](=O)[O-])cc12. The highest BCUT2D eigenvalue weighted by molar-refractivity contribution is 6.05. The van der Waals surface area contributed by atoms with Crippen molar-refractivity contribution >= 4 is 22.5 Å². The Morgan fingerprint density at radius 3 is 2.76 bits per heavy atom. The van der Waals surface area contributed by atoms with Crippen LogP contribution in [-0.4, -0.2) is 28.1 Å². The lowest BCUT2D eigenvalue weighted by molar-refractivity contribution is -0.384. The summed E-state index contributed by atoms with van der Waals surface area (Å²) in [6, 6.07) is 11.9. The topological polar surface area (TPSA) is 110 Å². The van der Waals surface area contributed by atoms with E-state index >= 15 is 0 Å². The van der Waals surface area contributed by atoms with Crippen molar-refractivity contribution in [3.63, 3.8) is 0 Å². The number of aromatic amines is 1. The fourth-order valence-corrected chi connectivity index (χ4v) is 2.57. The van der Waals surface area contributed by atoms with Gasteiger partial charge in [-0.25, -0.2) is 0 Å². The van der Waals surface area contributed by atoms with Crippen molar-refractivity contribution in [3.8, 4) is 0 Å². The van der Waals surface area contributed by atoms with Crippen molar-refractivity contribution in [1.29, 1.82) is 0 Å². The molecule has 0 fully saturated rings. The van der Waals surface area contributed by atoms with E-state index < -0.39 is 10.8 Å². The first-order valence-electron chi connectivity index (χ1n) is 7.56. The third-order valence-electron chi connectivity index (χ3n) is 3.83. The summed E-state index contributed by atoms with van der Waals surface area (Å²) in [5.74, 6) is -0.404. The second kappa shape index (κ2) is 7.10. The summed E-state index contributed by atoms with van der Waals surface area (Å²) in [7, 11) is 1.61. The fourth-order valence-electron chi connectivity index (χ4n) is 2.57. The number of nitro benzene ring substituents is 1. The van der Waals surface area contributed by atoms with Gasteiger partial charge in [0.15, 0.2) is 5.69 Å². The number of methoxy groups -OCH3 is 1.